The second-order valence-electron chi connectivity index (χ2n) is 5.36. The number of hydrogen-bond donors (Lipinski definition) is 1. The first-order valence-corrected chi connectivity index (χ1v) is 7.91. The summed E-state index contributed by atoms with van der Waals surface area (Å²) < 4.78 is 1.15. The van der Waals surface area contributed by atoms with E-state index in [1.165, 1.54) is 24.8 Å². The molecule has 0 aliphatic heterocycles. The molecule has 1 aromatic rings. The number of unbranched alkanes of at least 4 members (excludes halogenated alkanes) is 1. The molecule has 2 heteroatoms. The molecule has 0 radical (unpaired) electrons. The fourth-order valence-electron chi connectivity index (χ4n) is 2.15. The lowest BCUT2D eigenvalue weighted by Gasteiger charge is -2.17. The molecule has 0 heterocycles. The van der Waals surface area contributed by atoms with Crippen molar-refractivity contribution in [1.29, 1.82) is 0 Å². The van der Waals surface area contributed by atoms with E-state index in [1.807, 2.05) is 0 Å². The molecule has 0 fully saturated rings. The van der Waals surface area contributed by atoms with Gasteiger partial charge >= 0.3 is 0 Å². The zero-order valence-electron chi connectivity index (χ0n) is 11.9. The van der Waals surface area contributed by atoms with Gasteiger partial charge in [-0.2, -0.15) is 0 Å². The minimum absolute atomic E-state index is 0.497. The zero-order chi connectivity index (χ0) is 13.4. The highest BCUT2D eigenvalue weighted by Gasteiger charge is 2.07. The average molecular weight is 312 g/mol. The molecule has 0 aliphatic carbocycles. The summed E-state index contributed by atoms with van der Waals surface area (Å²) >= 11 is 3.48. The Labute approximate surface area is 120 Å². The summed E-state index contributed by atoms with van der Waals surface area (Å²) in [7, 11) is 0. The van der Waals surface area contributed by atoms with E-state index in [-0.39, 0.29) is 0 Å². The van der Waals surface area contributed by atoms with E-state index < -0.39 is 0 Å². The molecule has 1 rings (SSSR count). The van der Waals surface area contributed by atoms with Crippen molar-refractivity contribution in [1.82, 2.24) is 5.32 Å². The van der Waals surface area contributed by atoms with Crippen LogP contribution in [0.25, 0.3) is 0 Å². The van der Waals surface area contributed by atoms with Gasteiger partial charge in [0.05, 0.1) is 0 Å². The van der Waals surface area contributed by atoms with Gasteiger partial charge in [0.15, 0.2) is 0 Å². The third kappa shape index (κ3) is 6.01. The Balaban J connectivity index is 2.31. The first-order valence-electron chi connectivity index (χ1n) is 7.12. The van der Waals surface area contributed by atoms with Crippen molar-refractivity contribution < 1.29 is 0 Å². The lowest BCUT2D eigenvalue weighted by Crippen LogP contribution is -2.21. The summed E-state index contributed by atoms with van der Waals surface area (Å²) in [6, 6.07) is 9.16. The van der Waals surface area contributed by atoms with Gasteiger partial charge in [-0.1, -0.05) is 61.7 Å². The highest BCUT2D eigenvalue weighted by Crippen LogP contribution is 2.19. The van der Waals surface area contributed by atoms with E-state index in [1.54, 1.807) is 0 Å². The van der Waals surface area contributed by atoms with Crippen LogP contribution < -0.4 is 5.32 Å². The Kier molecular flexibility index (Phi) is 7.60. The SMILES string of the molecule is CCC(NCCCCC(C)C)c1ccc(Br)cc1. The predicted molar refractivity (Wildman–Crippen MR) is 83.9 cm³/mol. The minimum Gasteiger partial charge on any atom is -0.310 e. The van der Waals surface area contributed by atoms with Crippen LogP contribution in [-0.2, 0) is 0 Å². The first kappa shape index (κ1) is 15.7. The van der Waals surface area contributed by atoms with Crippen molar-refractivity contribution in [2.24, 2.45) is 5.92 Å². The highest BCUT2D eigenvalue weighted by molar-refractivity contribution is 9.10. The van der Waals surface area contributed by atoms with E-state index >= 15 is 0 Å². The van der Waals surface area contributed by atoms with Crippen molar-refractivity contribution >= 4 is 15.9 Å². The second kappa shape index (κ2) is 8.71. The van der Waals surface area contributed by atoms with Crippen LogP contribution in [0.4, 0.5) is 0 Å². The van der Waals surface area contributed by atoms with Crippen molar-refractivity contribution in [2.75, 3.05) is 6.54 Å². The smallest absolute Gasteiger partial charge is 0.0317 e. The average Bonchev–Trinajstić information content (AvgIpc) is 2.35. The third-order valence-corrected chi connectivity index (χ3v) is 3.81. The van der Waals surface area contributed by atoms with Gasteiger partial charge in [-0.05, 0) is 43.0 Å². The molecule has 1 nitrogen and oxygen atoms in total. The van der Waals surface area contributed by atoms with Crippen LogP contribution in [0.5, 0.6) is 0 Å². The van der Waals surface area contributed by atoms with Gasteiger partial charge in [0, 0.05) is 10.5 Å². The van der Waals surface area contributed by atoms with Crippen molar-refractivity contribution in [3.05, 3.63) is 34.3 Å². The maximum atomic E-state index is 3.66. The Morgan fingerprint density at radius 1 is 1.11 bits per heavy atom. The van der Waals surface area contributed by atoms with Gasteiger partial charge < -0.3 is 5.32 Å². The van der Waals surface area contributed by atoms with E-state index in [9.17, 15) is 0 Å². The van der Waals surface area contributed by atoms with E-state index in [2.05, 4.69) is 66.3 Å². The van der Waals surface area contributed by atoms with Gasteiger partial charge in [0.25, 0.3) is 0 Å². The Morgan fingerprint density at radius 2 is 1.78 bits per heavy atom. The largest absolute Gasteiger partial charge is 0.310 e. The summed E-state index contributed by atoms with van der Waals surface area (Å²) in [6.07, 6.45) is 5.11. The van der Waals surface area contributed by atoms with E-state index in [4.69, 9.17) is 0 Å². The quantitative estimate of drug-likeness (QED) is 0.641. The number of hydrogen-bond acceptors (Lipinski definition) is 1. The lowest BCUT2D eigenvalue weighted by atomic mass is 10.0. The van der Waals surface area contributed by atoms with E-state index in [0.29, 0.717) is 6.04 Å². The monoisotopic (exact) mass is 311 g/mol. The van der Waals surface area contributed by atoms with Crippen LogP contribution in [0, 0.1) is 5.92 Å². The Morgan fingerprint density at radius 3 is 2.33 bits per heavy atom. The molecule has 0 amide bonds. The standard InChI is InChI=1S/C16H26BrN/c1-4-16(14-8-10-15(17)11-9-14)18-12-6-5-7-13(2)3/h8-11,13,16,18H,4-7,12H2,1-3H3. The van der Waals surface area contributed by atoms with Gasteiger partial charge in [0.1, 0.15) is 0 Å². The molecular weight excluding hydrogens is 286 g/mol. The molecule has 0 spiro atoms. The summed E-state index contributed by atoms with van der Waals surface area (Å²) in [6.45, 7) is 7.96. The van der Waals surface area contributed by atoms with Crippen LogP contribution >= 0.6 is 15.9 Å². The van der Waals surface area contributed by atoms with Crippen LogP contribution in [-0.4, -0.2) is 6.54 Å². The molecule has 102 valence electrons. The highest BCUT2D eigenvalue weighted by atomic mass is 79.9. The number of benzene rings is 1. The van der Waals surface area contributed by atoms with Crippen LogP contribution in [0.1, 0.15) is 58.1 Å². The third-order valence-electron chi connectivity index (χ3n) is 3.28. The number of rotatable bonds is 8. The molecule has 0 aromatic heterocycles. The maximum absolute atomic E-state index is 3.66. The molecule has 1 atom stereocenters. The van der Waals surface area contributed by atoms with Crippen LogP contribution in [0.15, 0.2) is 28.7 Å². The fraction of sp³-hybridized carbons (Fsp3) is 0.625. The number of halogens is 1. The summed E-state index contributed by atoms with van der Waals surface area (Å²) in [5.41, 5.74) is 1.39. The van der Waals surface area contributed by atoms with E-state index in [0.717, 1.165) is 23.4 Å². The van der Waals surface area contributed by atoms with Crippen molar-refractivity contribution in [3.63, 3.8) is 0 Å². The lowest BCUT2D eigenvalue weighted by molar-refractivity contribution is 0.476. The molecule has 0 bridgehead atoms. The van der Waals surface area contributed by atoms with Crippen LogP contribution in [0.3, 0.4) is 0 Å². The van der Waals surface area contributed by atoms with Gasteiger partial charge in [-0.15, -0.1) is 0 Å². The maximum Gasteiger partial charge on any atom is 0.0317 e. The topological polar surface area (TPSA) is 12.0 Å². The van der Waals surface area contributed by atoms with Crippen LogP contribution in [0.2, 0.25) is 0 Å². The Hall–Kier alpha value is -0.340. The summed E-state index contributed by atoms with van der Waals surface area (Å²) in [4.78, 5) is 0. The van der Waals surface area contributed by atoms with Gasteiger partial charge in [-0.25, -0.2) is 0 Å². The van der Waals surface area contributed by atoms with Crippen molar-refractivity contribution in [2.45, 2.75) is 52.5 Å². The molecule has 1 unspecified atom stereocenters. The molecule has 1 aromatic carbocycles. The second-order valence-corrected chi connectivity index (χ2v) is 6.27. The van der Waals surface area contributed by atoms with Crippen molar-refractivity contribution in [3.8, 4) is 0 Å². The molecular formula is C16H26BrN. The minimum atomic E-state index is 0.497. The fourth-order valence-corrected chi connectivity index (χ4v) is 2.41. The molecule has 0 aliphatic rings. The summed E-state index contributed by atoms with van der Waals surface area (Å²) in [5, 5.41) is 3.66. The van der Waals surface area contributed by atoms with Gasteiger partial charge in [0.2, 0.25) is 0 Å². The predicted octanol–water partition coefficient (Wildman–Crippen LogP) is 5.32. The zero-order valence-corrected chi connectivity index (χ0v) is 13.5. The first-order chi connectivity index (χ1) is 8.63. The molecule has 18 heavy (non-hydrogen) atoms. The normalized spacial score (nSPS) is 12.9. The molecule has 0 saturated heterocycles. The molecule has 1 N–H and O–H groups in total. The number of nitrogens with one attached hydrogen (secondary N) is 1. The Bertz CT molecular complexity index is 318. The molecule has 0 saturated carbocycles. The van der Waals surface area contributed by atoms with Gasteiger partial charge in [-0.3, -0.25) is 0 Å². The summed E-state index contributed by atoms with van der Waals surface area (Å²) in [5.74, 6) is 0.832.